The van der Waals surface area contributed by atoms with Crippen LogP contribution in [0.1, 0.15) is 5.56 Å². The van der Waals surface area contributed by atoms with Crippen molar-refractivity contribution in [2.75, 3.05) is 20.3 Å². The maximum atomic E-state index is 13.4. The zero-order chi connectivity index (χ0) is 13.7. The van der Waals surface area contributed by atoms with Gasteiger partial charge in [0.2, 0.25) is 0 Å². The van der Waals surface area contributed by atoms with Crippen LogP contribution in [0.4, 0.5) is 4.39 Å². The lowest BCUT2D eigenvalue weighted by Crippen LogP contribution is -2.19. The van der Waals surface area contributed by atoms with Crippen LogP contribution in [0.2, 0.25) is 0 Å². The normalized spacial score (nSPS) is 10.9. The summed E-state index contributed by atoms with van der Waals surface area (Å²) in [5.74, 6) is -0.251. The number of aromatic nitrogens is 2. The lowest BCUT2D eigenvalue weighted by molar-refractivity contribution is 0.199. The lowest BCUT2D eigenvalue weighted by atomic mass is 10.1. The Hall–Kier alpha value is -1.24. The number of hydrogen-bond acceptors (Lipinski definition) is 3. The van der Waals surface area contributed by atoms with Crippen LogP contribution in [0.5, 0.6) is 0 Å². The molecular weight excluding hydrogens is 313 g/mol. The van der Waals surface area contributed by atoms with Crippen molar-refractivity contribution in [3.8, 4) is 5.69 Å². The number of hydrogen-bond donors (Lipinski definition) is 1. The molecule has 0 aliphatic carbocycles. The summed E-state index contributed by atoms with van der Waals surface area (Å²) in [4.78, 5) is 0. The molecular formula is C13H15BrFN3O. The summed E-state index contributed by atoms with van der Waals surface area (Å²) in [6.07, 6.45) is 3.54. The van der Waals surface area contributed by atoms with Gasteiger partial charge in [0, 0.05) is 26.4 Å². The van der Waals surface area contributed by atoms with Crippen LogP contribution < -0.4 is 5.32 Å². The summed E-state index contributed by atoms with van der Waals surface area (Å²) >= 11 is 3.35. The van der Waals surface area contributed by atoms with E-state index >= 15 is 0 Å². The SMILES string of the molecule is COCCNCc1cc(F)ccc1-n1cc(Br)cn1. The Morgan fingerprint density at radius 1 is 1.47 bits per heavy atom. The van der Waals surface area contributed by atoms with Gasteiger partial charge in [-0.05, 0) is 39.7 Å². The van der Waals surface area contributed by atoms with Crippen LogP contribution in [-0.2, 0) is 11.3 Å². The van der Waals surface area contributed by atoms with Crippen LogP contribution in [0.25, 0.3) is 5.69 Å². The van der Waals surface area contributed by atoms with E-state index in [4.69, 9.17) is 4.74 Å². The first-order chi connectivity index (χ1) is 9.20. The second kappa shape index (κ2) is 6.79. The average molecular weight is 328 g/mol. The van der Waals surface area contributed by atoms with Gasteiger partial charge >= 0.3 is 0 Å². The first kappa shape index (κ1) is 14.2. The van der Waals surface area contributed by atoms with Crippen molar-refractivity contribution in [1.82, 2.24) is 15.1 Å². The summed E-state index contributed by atoms with van der Waals surface area (Å²) in [7, 11) is 1.65. The van der Waals surface area contributed by atoms with E-state index in [2.05, 4.69) is 26.3 Å². The summed E-state index contributed by atoms with van der Waals surface area (Å²) < 4.78 is 20.9. The lowest BCUT2D eigenvalue weighted by Gasteiger charge is -2.10. The Bertz CT molecular complexity index is 544. The van der Waals surface area contributed by atoms with Crippen molar-refractivity contribution >= 4 is 15.9 Å². The third-order valence-corrected chi connectivity index (χ3v) is 3.05. The Balaban J connectivity index is 2.18. The van der Waals surface area contributed by atoms with Crippen molar-refractivity contribution in [1.29, 1.82) is 0 Å². The number of nitrogens with zero attached hydrogens (tertiary/aromatic N) is 2. The molecule has 0 saturated carbocycles. The Labute approximate surface area is 119 Å². The smallest absolute Gasteiger partial charge is 0.123 e. The number of ether oxygens (including phenoxy) is 1. The third-order valence-electron chi connectivity index (χ3n) is 2.64. The fraction of sp³-hybridized carbons (Fsp3) is 0.308. The van der Waals surface area contributed by atoms with E-state index in [0.717, 1.165) is 22.3 Å². The van der Waals surface area contributed by atoms with Gasteiger partial charge in [0.25, 0.3) is 0 Å². The van der Waals surface area contributed by atoms with Gasteiger partial charge in [0.05, 0.1) is 23.0 Å². The van der Waals surface area contributed by atoms with Gasteiger partial charge in [0.1, 0.15) is 5.82 Å². The predicted octanol–water partition coefficient (Wildman–Crippen LogP) is 2.51. The highest BCUT2D eigenvalue weighted by atomic mass is 79.9. The van der Waals surface area contributed by atoms with Gasteiger partial charge < -0.3 is 10.1 Å². The monoisotopic (exact) mass is 327 g/mol. The maximum Gasteiger partial charge on any atom is 0.123 e. The minimum Gasteiger partial charge on any atom is -0.383 e. The molecule has 1 aromatic carbocycles. The predicted molar refractivity (Wildman–Crippen MR) is 74.8 cm³/mol. The van der Waals surface area contributed by atoms with E-state index in [1.165, 1.54) is 12.1 Å². The zero-order valence-corrected chi connectivity index (χ0v) is 12.2. The maximum absolute atomic E-state index is 13.4. The van der Waals surface area contributed by atoms with Crippen LogP contribution in [-0.4, -0.2) is 30.0 Å². The molecule has 0 atom stereocenters. The summed E-state index contributed by atoms with van der Waals surface area (Å²) in [5.41, 5.74) is 1.71. The van der Waals surface area contributed by atoms with Crippen molar-refractivity contribution < 1.29 is 9.13 Å². The highest BCUT2D eigenvalue weighted by molar-refractivity contribution is 9.10. The van der Waals surface area contributed by atoms with Crippen molar-refractivity contribution in [2.24, 2.45) is 0 Å². The summed E-state index contributed by atoms with van der Waals surface area (Å²) in [6, 6.07) is 4.68. The largest absolute Gasteiger partial charge is 0.383 e. The molecule has 0 fully saturated rings. The van der Waals surface area contributed by atoms with Gasteiger partial charge in [-0.3, -0.25) is 0 Å². The molecule has 0 aliphatic rings. The Kier molecular flexibility index (Phi) is 5.07. The number of rotatable bonds is 6. The van der Waals surface area contributed by atoms with E-state index in [1.807, 2.05) is 6.20 Å². The van der Waals surface area contributed by atoms with E-state index in [1.54, 1.807) is 24.1 Å². The minimum atomic E-state index is -0.251. The molecule has 0 saturated heterocycles. The van der Waals surface area contributed by atoms with E-state index in [-0.39, 0.29) is 5.82 Å². The Morgan fingerprint density at radius 3 is 3.00 bits per heavy atom. The van der Waals surface area contributed by atoms with E-state index < -0.39 is 0 Å². The van der Waals surface area contributed by atoms with Crippen LogP contribution in [0, 0.1) is 5.82 Å². The molecule has 102 valence electrons. The van der Waals surface area contributed by atoms with Gasteiger partial charge in [-0.1, -0.05) is 0 Å². The van der Waals surface area contributed by atoms with Crippen LogP contribution >= 0.6 is 15.9 Å². The first-order valence-electron chi connectivity index (χ1n) is 5.89. The van der Waals surface area contributed by atoms with E-state index in [9.17, 15) is 4.39 Å². The number of methoxy groups -OCH3 is 1. The van der Waals surface area contributed by atoms with Gasteiger partial charge in [-0.2, -0.15) is 5.10 Å². The topological polar surface area (TPSA) is 39.1 Å². The molecule has 1 heterocycles. The molecule has 19 heavy (non-hydrogen) atoms. The molecule has 0 spiro atoms. The Morgan fingerprint density at radius 2 is 2.32 bits per heavy atom. The molecule has 0 radical (unpaired) electrons. The average Bonchev–Trinajstić information content (AvgIpc) is 2.81. The van der Waals surface area contributed by atoms with E-state index in [0.29, 0.717) is 13.2 Å². The molecule has 0 amide bonds. The van der Waals surface area contributed by atoms with Crippen molar-refractivity contribution in [3.05, 3.63) is 46.4 Å². The quantitative estimate of drug-likeness (QED) is 0.828. The van der Waals surface area contributed by atoms with Gasteiger partial charge in [0.15, 0.2) is 0 Å². The fourth-order valence-electron chi connectivity index (χ4n) is 1.75. The molecule has 0 aliphatic heterocycles. The molecule has 1 aromatic heterocycles. The summed E-state index contributed by atoms with van der Waals surface area (Å²) in [6.45, 7) is 1.90. The van der Waals surface area contributed by atoms with Crippen LogP contribution in [0.15, 0.2) is 35.1 Å². The van der Waals surface area contributed by atoms with Crippen molar-refractivity contribution in [2.45, 2.75) is 6.54 Å². The number of halogens is 2. The third kappa shape index (κ3) is 3.86. The zero-order valence-electron chi connectivity index (χ0n) is 10.6. The molecule has 1 N–H and O–H groups in total. The molecule has 0 unspecified atom stereocenters. The highest BCUT2D eigenvalue weighted by Gasteiger charge is 2.07. The minimum absolute atomic E-state index is 0.251. The molecule has 2 rings (SSSR count). The first-order valence-corrected chi connectivity index (χ1v) is 6.68. The molecule has 6 heteroatoms. The molecule has 4 nitrogen and oxygen atoms in total. The van der Waals surface area contributed by atoms with Gasteiger partial charge in [-0.15, -0.1) is 0 Å². The molecule has 2 aromatic rings. The number of nitrogens with one attached hydrogen (secondary N) is 1. The second-order valence-electron chi connectivity index (χ2n) is 4.05. The molecule has 0 bridgehead atoms. The highest BCUT2D eigenvalue weighted by Crippen LogP contribution is 2.18. The standard InChI is InChI=1S/C13H15BrFN3O/c1-19-5-4-16-7-10-6-12(15)2-3-13(10)18-9-11(14)8-17-18/h2-3,6,8-9,16H,4-5,7H2,1H3. The summed E-state index contributed by atoms with van der Waals surface area (Å²) in [5, 5.41) is 7.42. The second-order valence-corrected chi connectivity index (χ2v) is 4.96. The van der Waals surface area contributed by atoms with Crippen LogP contribution in [0.3, 0.4) is 0 Å². The number of benzene rings is 1. The van der Waals surface area contributed by atoms with Crippen molar-refractivity contribution in [3.63, 3.8) is 0 Å². The fourth-order valence-corrected chi connectivity index (χ4v) is 2.03. The van der Waals surface area contributed by atoms with Gasteiger partial charge in [-0.25, -0.2) is 9.07 Å².